The average Bonchev–Trinajstić information content (AvgIpc) is 2.28. The van der Waals surface area contributed by atoms with Crippen LogP contribution in [0.3, 0.4) is 0 Å². The summed E-state index contributed by atoms with van der Waals surface area (Å²) in [6.07, 6.45) is -4.00. The van der Waals surface area contributed by atoms with Crippen LogP contribution in [0.2, 0.25) is 0 Å². The molecule has 0 spiro atoms. The Morgan fingerprint density at radius 3 is 1.15 bits per heavy atom. The number of hydrogen-bond donors (Lipinski definition) is 0. The van der Waals surface area contributed by atoms with Crippen molar-refractivity contribution in [1.82, 2.24) is 0 Å². The van der Waals surface area contributed by atoms with Gasteiger partial charge in [-0.25, -0.2) is 0 Å². The van der Waals surface area contributed by atoms with Crippen molar-refractivity contribution < 1.29 is 39.7 Å². The molecule has 0 aliphatic heterocycles. The Morgan fingerprint density at radius 2 is 0.950 bits per heavy atom. The van der Waals surface area contributed by atoms with E-state index in [1.165, 1.54) is 0 Å². The summed E-state index contributed by atoms with van der Waals surface area (Å²) in [6, 6.07) is 0. The summed E-state index contributed by atoms with van der Waals surface area (Å²) in [5.74, 6) is 0. The van der Waals surface area contributed by atoms with E-state index in [9.17, 15) is 40.5 Å². The number of rotatable bonds is 11. The summed E-state index contributed by atoms with van der Waals surface area (Å²) in [5.41, 5.74) is 0. The van der Waals surface area contributed by atoms with E-state index in [0.29, 0.717) is 0 Å². The van der Waals surface area contributed by atoms with Gasteiger partial charge in [0.2, 0.25) is 0 Å². The highest BCUT2D eigenvalue weighted by molar-refractivity contribution is 4.67. The van der Waals surface area contributed by atoms with Crippen LogP contribution < -0.4 is 0 Å². The summed E-state index contributed by atoms with van der Waals surface area (Å²) in [4.78, 5) is 55.4. The monoisotopic (exact) mass is 302 g/mol. The van der Waals surface area contributed by atoms with E-state index in [1.54, 1.807) is 0 Å². The SMILES string of the molecule is O=[N+]([O-])OC[C@H](O[N+](=O)[O-])[C@@H](CO[N+](=O)[O-])O[N+](=O)[O-]. The maximum absolute atomic E-state index is 10.1. The lowest BCUT2D eigenvalue weighted by molar-refractivity contribution is -0.818. The van der Waals surface area contributed by atoms with Crippen LogP contribution in [0.25, 0.3) is 0 Å². The summed E-state index contributed by atoms with van der Waals surface area (Å²) in [7, 11) is 0. The van der Waals surface area contributed by atoms with Crippen LogP contribution in [0.15, 0.2) is 0 Å². The summed E-state index contributed by atoms with van der Waals surface area (Å²) in [6.45, 7) is -2.29. The van der Waals surface area contributed by atoms with E-state index < -0.39 is 45.8 Å². The van der Waals surface area contributed by atoms with Gasteiger partial charge in [0.1, 0.15) is 13.2 Å². The van der Waals surface area contributed by atoms with Gasteiger partial charge in [-0.1, -0.05) is 0 Å². The van der Waals surface area contributed by atoms with Crippen LogP contribution in [0.5, 0.6) is 0 Å². The third-order valence-corrected chi connectivity index (χ3v) is 1.55. The Bertz CT molecular complexity index is 348. The van der Waals surface area contributed by atoms with Crippen LogP contribution in [-0.4, -0.2) is 45.8 Å². The zero-order valence-electron chi connectivity index (χ0n) is 9.26. The molecule has 0 rings (SSSR count). The molecule has 0 aromatic rings. The van der Waals surface area contributed by atoms with Gasteiger partial charge in [-0.05, 0) is 0 Å². The highest BCUT2D eigenvalue weighted by Gasteiger charge is 2.31. The standard InChI is InChI=1S/C4H6N4O12/c9-5(10)17-1-3(19-7(13)14)4(20-8(15)16)2-18-6(11)12/h3-4H,1-2H2/t3-,4+. The van der Waals surface area contributed by atoms with E-state index in [4.69, 9.17) is 0 Å². The van der Waals surface area contributed by atoms with Crippen LogP contribution in [-0.2, 0) is 19.4 Å². The van der Waals surface area contributed by atoms with Gasteiger partial charge >= 0.3 is 0 Å². The number of hydrogen-bond acceptors (Lipinski definition) is 12. The lowest BCUT2D eigenvalue weighted by atomic mass is 10.2. The van der Waals surface area contributed by atoms with Crippen molar-refractivity contribution in [2.24, 2.45) is 0 Å². The summed E-state index contributed by atoms with van der Waals surface area (Å²) in [5, 5.41) is 34.6. The molecule has 20 heavy (non-hydrogen) atoms. The van der Waals surface area contributed by atoms with Gasteiger partial charge < -0.3 is 19.4 Å². The van der Waals surface area contributed by atoms with Crippen molar-refractivity contribution in [3.63, 3.8) is 0 Å². The summed E-state index contributed by atoms with van der Waals surface area (Å²) >= 11 is 0. The fourth-order valence-corrected chi connectivity index (χ4v) is 0.901. The first-order chi connectivity index (χ1) is 9.22. The minimum atomic E-state index is -2.00. The van der Waals surface area contributed by atoms with Crippen molar-refractivity contribution >= 4 is 0 Å². The molecule has 0 amide bonds. The minimum absolute atomic E-state index is 1.15. The summed E-state index contributed by atoms with van der Waals surface area (Å²) < 4.78 is 0. The van der Waals surface area contributed by atoms with Crippen LogP contribution in [0, 0.1) is 40.5 Å². The fraction of sp³-hybridized carbons (Fsp3) is 1.00. The van der Waals surface area contributed by atoms with Gasteiger partial charge in [0.15, 0.2) is 12.2 Å². The smallest absolute Gasteiger partial charge is 0.294 e. The fourth-order valence-electron chi connectivity index (χ4n) is 0.901. The molecule has 0 aromatic carbocycles. The molecule has 0 heterocycles. The molecular weight excluding hydrogens is 296 g/mol. The zero-order chi connectivity index (χ0) is 15.7. The molecule has 0 saturated heterocycles. The first-order valence-corrected chi connectivity index (χ1v) is 4.39. The van der Waals surface area contributed by atoms with Crippen LogP contribution in [0.1, 0.15) is 0 Å². The topological polar surface area (TPSA) is 209 Å². The second kappa shape index (κ2) is 8.00. The maximum Gasteiger partial charge on any atom is 0.294 e. The van der Waals surface area contributed by atoms with Gasteiger partial charge in [0, 0.05) is 0 Å². The molecule has 0 fully saturated rings. The van der Waals surface area contributed by atoms with Gasteiger partial charge in [0.25, 0.3) is 20.3 Å². The number of nitrogens with zero attached hydrogens (tertiary/aromatic N) is 4. The highest BCUT2D eigenvalue weighted by Crippen LogP contribution is 2.08. The van der Waals surface area contributed by atoms with E-state index in [-0.39, 0.29) is 0 Å². The Hall–Kier alpha value is -3.20. The quantitative estimate of drug-likeness (QED) is 0.317. The molecule has 0 saturated carbocycles. The molecule has 0 unspecified atom stereocenters. The second-order valence-corrected chi connectivity index (χ2v) is 2.77. The Balaban J connectivity index is 4.83. The molecule has 0 bridgehead atoms. The second-order valence-electron chi connectivity index (χ2n) is 2.77. The van der Waals surface area contributed by atoms with E-state index in [1.807, 2.05) is 0 Å². The van der Waals surface area contributed by atoms with Crippen LogP contribution >= 0.6 is 0 Å². The first kappa shape index (κ1) is 16.8. The predicted molar refractivity (Wildman–Crippen MR) is 49.6 cm³/mol. The molecule has 2 atom stereocenters. The van der Waals surface area contributed by atoms with Crippen molar-refractivity contribution in [2.75, 3.05) is 13.2 Å². The third kappa shape index (κ3) is 7.97. The molecule has 114 valence electrons. The predicted octanol–water partition coefficient (Wildman–Crippen LogP) is -1.44. The van der Waals surface area contributed by atoms with Gasteiger partial charge in [-0.2, -0.15) is 0 Å². The van der Waals surface area contributed by atoms with Crippen molar-refractivity contribution in [2.45, 2.75) is 12.2 Å². The van der Waals surface area contributed by atoms with Crippen LogP contribution in [0.4, 0.5) is 0 Å². The highest BCUT2D eigenvalue weighted by atomic mass is 17.0. The van der Waals surface area contributed by atoms with Crippen molar-refractivity contribution in [3.05, 3.63) is 40.5 Å². The molecule has 16 heteroatoms. The lowest BCUT2D eigenvalue weighted by Gasteiger charge is -2.21. The van der Waals surface area contributed by atoms with Gasteiger partial charge in [-0.15, -0.1) is 40.5 Å². The molecule has 0 aliphatic carbocycles. The van der Waals surface area contributed by atoms with Gasteiger partial charge in [0.05, 0.1) is 0 Å². The molecule has 16 nitrogen and oxygen atoms in total. The Morgan fingerprint density at radius 1 is 0.650 bits per heavy atom. The Kier molecular flexibility index (Phi) is 6.72. The molecular formula is C4H6N4O12. The van der Waals surface area contributed by atoms with E-state index in [0.717, 1.165) is 0 Å². The maximum atomic E-state index is 10.1. The van der Waals surface area contributed by atoms with Crippen molar-refractivity contribution in [3.8, 4) is 0 Å². The van der Waals surface area contributed by atoms with Gasteiger partial charge in [-0.3, -0.25) is 0 Å². The minimum Gasteiger partial charge on any atom is -0.311 e. The Labute approximate surface area is 107 Å². The van der Waals surface area contributed by atoms with Crippen molar-refractivity contribution in [1.29, 1.82) is 0 Å². The zero-order valence-corrected chi connectivity index (χ0v) is 9.26. The van der Waals surface area contributed by atoms with E-state index in [2.05, 4.69) is 19.4 Å². The largest absolute Gasteiger partial charge is 0.311 e. The lowest BCUT2D eigenvalue weighted by Crippen LogP contribution is -2.42. The average molecular weight is 302 g/mol. The first-order valence-electron chi connectivity index (χ1n) is 4.39. The van der Waals surface area contributed by atoms with E-state index >= 15 is 0 Å². The third-order valence-electron chi connectivity index (χ3n) is 1.55. The molecule has 0 aromatic heterocycles. The normalized spacial score (nSPS) is 12.6. The molecule has 0 N–H and O–H groups in total. The molecule has 0 aliphatic rings. The molecule has 0 radical (unpaired) electrons.